The van der Waals surface area contributed by atoms with Gasteiger partial charge in [0.2, 0.25) is 11.8 Å². The number of hydrogen-bond donors (Lipinski definition) is 2. The SMILES string of the molecule is CC1CC2(CC(C)C(=O)N2c2ccc(Cl)c(C(=O)O)c2)N(c2ccc(Cl)c(C(=O)O)c2)C1=O. The van der Waals surface area contributed by atoms with Gasteiger partial charge in [-0.15, -0.1) is 0 Å². The van der Waals surface area contributed by atoms with Crippen molar-refractivity contribution in [1.82, 2.24) is 0 Å². The molecule has 2 heterocycles. The van der Waals surface area contributed by atoms with E-state index in [9.17, 15) is 29.4 Å². The molecule has 0 aromatic heterocycles. The van der Waals surface area contributed by atoms with E-state index in [2.05, 4.69) is 0 Å². The molecular weight excluding hydrogens is 471 g/mol. The summed E-state index contributed by atoms with van der Waals surface area (Å²) in [5, 5.41) is 19.1. The van der Waals surface area contributed by atoms with E-state index in [0.717, 1.165) is 0 Å². The minimum absolute atomic E-state index is 0.0246. The molecule has 2 unspecified atom stereocenters. The molecule has 0 aliphatic carbocycles. The largest absolute Gasteiger partial charge is 0.478 e. The summed E-state index contributed by atoms with van der Waals surface area (Å²) in [5.41, 5.74) is -0.878. The molecule has 2 aliphatic rings. The van der Waals surface area contributed by atoms with E-state index in [0.29, 0.717) is 11.4 Å². The summed E-state index contributed by atoms with van der Waals surface area (Å²) < 4.78 is 0. The molecule has 4 rings (SSSR count). The van der Waals surface area contributed by atoms with E-state index in [1.165, 1.54) is 34.1 Å². The Kier molecular flexibility index (Phi) is 5.62. The van der Waals surface area contributed by atoms with Crippen molar-refractivity contribution in [1.29, 1.82) is 0 Å². The third kappa shape index (κ3) is 3.54. The molecule has 2 atom stereocenters. The number of carboxylic acid groups (broad SMARTS) is 2. The second kappa shape index (κ2) is 8.04. The van der Waals surface area contributed by atoms with Crippen molar-refractivity contribution >= 4 is 58.3 Å². The molecule has 2 aromatic rings. The van der Waals surface area contributed by atoms with Crippen molar-refractivity contribution in [2.24, 2.45) is 11.8 Å². The first-order valence-corrected chi connectivity index (χ1v) is 11.0. The average Bonchev–Trinajstić information content (AvgIpc) is 3.13. The van der Waals surface area contributed by atoms with Crippen molar-refractivity contribution in [3.05, 3.63) is 57.6 Å². The summed E-state index contributed by atoms with van der Waals surface area (Å²) in [6, 6.07) is 8.53. The van der Waals surface area contributed by atoms with Crippen LogP contribution < -0.4 is 9.80 Å². The van der Waals surface area contributed by atoms with Gasteiger partial charge >= 0.3 is 11.9 Å². The van der Waals surface area contributed by atoms with Gasteiger partial charge in [0.25, 0.3) is 0 Å². The molecule has 8 nitrogen and oxygen atoms in total. The van der Waals surface area contributed by atoms with E-state index in [1.807, 2.05) is 0 Å². The Morgan fingerprint density at radius 2 is 1.18 bits per heavy atom. The highest BCUT2D eigenvalue weighted by Crippen LogP contribution is 2.51. The first kappa shape index (κ1) is 23.1. The number of carboxylic acids is 2. The number of halogens is 2. The van der Waals surface area contributed by atoms with Crippen LogP contribution in [0.5, 0.6) is 0 Å². The molecule has 33 heavy (non-hydrogen) atoms. The number of nitrogens with zero attached hydrogens (tertiary/aromatic N) is 2. The van der Waals surface area contributed by atoms with E-state index in [4.69, 9.17) is 23.2 Å². The van der Waals surface area contributed by atoms with E-state index in [-0.39, 0.29) is 45.8 Å². The minimum Gasteiger partial charge on any atom is -0.478 e. The molecular formula is C23H20Cl2N2O6. The maximum absolute atomic E-state index is 13.3. The highest BCUT2D eigenvalue weighted by Gasteiger charge is 2.60. The predicted octanol–water partition coefficient (Wildman–Crippen LogP) is 4.53. The van der Waals surface area contributed by atoms with E-state index in [1.54, 1.807) is 26.0 Å². The first-order valence-electron chi connectivity index (χ1n) is 10.2. The van der Waals surface area contributed by atoms with Gasteiger partial charge in [0, 0.05) is 36.1 Å². The molecule has 0 radical (unpaired) electrons. The predicted molar refractivity (Wildman–Crippen MR) is 122 cm³/mol. The normalized spacial score (nSPS) is 24.7. The summed E-state index contributed by atoms with van der Waals surface area (Å²) in [6.45, 7) is 3.49. The summed E-state index contributed by atoms with van der Waals surface area (Å²) in [4.78, 5) is 52.9. The Morgan fingerprint density at radius 1 is 0.818 bits per heavy atom. The topological polar surface area (TPSA) is 115 Å². The van der Waals surface area contributed by atoms with Crippen LogP contribution in [0.15, 0.2) is 36.4 Å². The molecule has 0 bridgehead atoms. The summed E-state index contributed by atoms with van der Waals surface area (Å²) in [7, 11) is 0. The van der Waals surface area contributed by atoms with Crippen molar-refractivity contribution in [3.8, 4) is 0 Å². The number of hydrogen-bond acceptors (Lipinski definition) is 4. The fourth-order valence-corrected chi connectivity index (χ4v) is 5.32. The van der Waals surface area contributed by atoms with Gasteiger partial charge in [-0.2, -0.15) is 0 Å². The van der Waals surface area contributed by atoms with Gasteiger partial charge in [-0.25, -0.2) is 9.59 Å². The van der Waals surface area contributed by atoms with Crippen molar-refractivity contribution in [2.45, 2.75) is 32.4 Å². The molecule has 10 heteroatoms. The third-order valence-corrected chi connectivity index (χ3v) is 6.92. The number of anilines is 2. The molecule has 2 amide bonds. The van der Waals surface area contributed by atoms with Crippen LogP contribution >= 0.6 is 23.2 Å². The Labute approximate surface area is 199 Å². The molecule has 2 aromatic carbocycles. The van der Waals surface area contributed by atoms with Crippen LogP contribution in [0.4, 0.5) is 11.4 Å². The molecule has 2 saturated heterocycles. The molecule has 1 spiro atoms. The van der Waals surface area contributed by atoms with Gasteiger partial charge < -0.3 is 10.2 Å². The van der Waals surface area contributed by atoms with Gasteiger partial charge in [0.1, 0.15) is 5.66 Å². The van der Waals surface area contributed by atoms with Gasteiger partial charge in [-0.1, -0.05) is 37.0 Å². The molecule has 2 fully saturated rings. The highest BCUT2D eigenvalue weighted by atomic mass is 35.5. The number of carbonyl (C=O) groups excluding carboxylic acids is 2. The quantitative estimate of drug-likeness (QED) is 0.650. The smallest absolute Gasteiger partial charge is 0.337 e. The van der Waals surface area contributed by atoms with Gasteiger partial charge in [0.05, 0.1) is 21.2 Å². The monoisotopic (exact) mass is 490 g/mol. The zero-order valence-electron chi connectivity index (χ0n) is 17.7. The van der Waals surface area contributed by atoms with Crippen molar-refractivity contribution in [2.75, 3.05) is 9.80 Å². The molecule has 0 saturated carbocycles. The number of aromatic carboxylic acids is 2. The number of rotatable bonds is 4. The third-order valence-electron chi connectivity index (χ3n) is 6.26. The first-order chi connectivity index (χ1) is 15.5. The number of amides is 2. The second-order valence-corrected chi connectivity index (χ2v) is 9.29. The van der Waals surface area contributed by atoms with Crippen molar-refractivity contribution in [3.63, 3.8) is 0 Å². The standard InChI is InChI=1S/C23H20Cl2N2O6/c1-11-9-23(26(19(11)28)13-3-5-17(24)15(7-13)21(30)31)10-12(2)20(29)27(23)14-4-6-18(25)16(8-14)22(32)33/h3-8,11-12H,9-10H2,1-2H3,(H,30,31)(H,32,33). The lowest BCUT2D eigenvalue weighted by Gasteiger charge is -2.42. The highest BCUT2D eigenvalue weighted by molar-refractivity contribution is 6.34. The Bertz CT molecular complexity index is 1120. The van der Waals surface area contributed by atoms with Crippen LogP contribution in [0.2, 0.25) is 10.0 Å². The zero-order valence-corrected chi connectivity index (χ0v) is 19.2. The van der Waals surface area contributed by atoms with Crippen LogP contribution in [0.25, 0.3) is 0 Å². The van der Waals surface area contributed by atoms with Crippen LogP contribution in [0, 0.1) is 11.8 Å². The lowest BCUT2D eigenvalue weighted by atomic mass is 9.95. The van der Waals surface area contributed by atoms with Gasteiger partial charge in [-0.05, 0) is 36.4 Å². The maximum Gasteiger partial charge on any atom is 0.337 e. The van der Waals surface area contributed by atoms with E-state index < -0.39 is 29.4 Å². The summed E-state index contributed by atoms with van der Waals surface area (Å²) in [6.07, 6.45) is 0.579. The summed E-state index contributed by atoms with van der Waals surface area (Å²) >= 11 is 12.1. The van der Waals surface area contributed by atoms with Gasteiger partial charge in [-0.3, -0.25) is 19.4 Å². The Morgan fingerprint density at radius 3 is 1.52 bits per heavy atom. The van der Waals surface area contributed by atoms with Crippen molar-refractivity contribution < 1.29 is 29.4 Å². The minimum atomic E-state index is -1.24. The number of benzene rings is 2. The maximum atomic E-state index is 13.3. The lowest BCUT2D eigenvalue weighted by Crippen LogP contribution is -2.56. The molecule has 172 valence electrons. The lowest BCUT2D eigenvalue weighted by molar-refractivity contribution is -0.120. The average molecular weight is 491 g/mol. The summed E-state index contributed by atoms with van der Waals surface area (Å²) in [5.74, 6) is -3.94. The fourth-order valence-electron chi connectivity index (χ4n) is 4.92. The molecule has 2 N–H and O–H groups in total. The Hall–Kier alpha value is -3.10. The van der Waals surface area contributed by atoms with Crippen LogP contribution in [0.1, 0.15) is 47.4 Å². The van der Waals surface area contributed by atoms with Crippen LogP contribution in [-0.4, -0.2) is 39.6 Å². The van der Waals surface area contributed by atoms with E-state index >= 15 is 0 Å². The zero-order chi connectivity index (χ0) is 24.2. The second-order valence-electron chi connectivity index (χ2n) is 8.48. The van der Waals surface area contributed by atoms with Gasteiger partial charge in [0.15, 0.2) is 0 Å². The van der Waals surface area contributed by atoms with Crippen LogP contribution in [0.3, 0.4) is 0 Å². The fraction of sp³-hybridized carbons (Fsp3) is 0.304. The Balaban J connectivity index is 1.93. The number of carbonyl (C=O) groups is 4. The van der Waals surface area contributed by atoms with Crippen LogP contribution in [-0.2, 0) is 9.59 Å². The molecule has 2 aliphatic heterocycles.